The van der Waals surface area contributed by atoms with Crippen LogP contribution in [0.25, 0.3) is 0 Å². The Kier molecular flexibility index (Phi) is 3.67. The van der Waals surface area contributed by atoms with E-state index in [0.29, 0.717) is 11.4 Å². The van der Waals surface area contributed by atoms with Gasteiger partial charge in [0.2, 0.25) is 0 Å². The Labute approximate surface area is 116 Å². The summed E-state index contributed by atoms with van der Waals surface area (Å²) in [6.07, 6.45) is 1.14. The Morgan fingerprint density at radius 2 is 2.05 bits per heavy atom. The topological polar surface area (TPSA) is 110 Å². The Bertz CT molecular complexity index is 656. The molecule has 1 aromatic rings. The molecule has 2 rings (SSSR count). The maximum atomic E-state index is 12.2. The number of carbonyl (C=O) groups is 2. The minimum atomic E-state index is -3.18. The van der Waals surface area contributed by atoms with E-state index in [1.807, 2.05) is 0 Å². The van der Waals surface area contributed by atoms with Gasteiger partial charge in [-0.05, 0) is 24.6 Å². The maximum absolute atomic E-state index is 12.2. The second-order valence-electron chi connectivity index (χ2n) is 4.69. The molecule has 1 saturated heterocycles. The van der Waals surface area contributed by atoms with Crippen molar-refractivity contribution < 1.29 is 18.0 Å². The van der Waals surface area contributed by atoms with Gasteiger partial charge in [0.05, 0.1) is 11.4 Å². The minimum absolute atomic E-state index is 0.0578. The minimum Gasteiger partial charge on any atom is -0.399 e. The molecular weight excluding hydrogens is 282 g/mol. The van der Waals surface area contributed by atoms with Crippen molar-refractivity contribution in [3.05, 3.63) is 24.3 Å². The summed E-state index contributed by atoms with van der Waals surface area (Å²) in [5.74, 6) is -0.627. The molecule has 1 aromatic carbocycles. The van der Waals surface area contributed by atoms with Crippen LogP contribution in [0.2, 0.25) is 0 Å². The summed E-state index contributed by atoms with van der Waals surface area (Å²) in [5, 5.41) is 2.48. The van der Waals surface area contributed by atoms with Crippen molar-refractivity contribution in [3.63, 3.8) is 0 Å². The number of hydrogen-bond donors (Lipinski definition) is 2. The quantitative estimate of drug-likeness (QED) is 0.606. The number of hydrogen-bond acceptors (Lipinski definition) is 5. The molecule has 8 heteroatoms. The van der Waals surface area contributed by atoms with E-state index in [1.54, 1.807) is 18.2 Å². The van der Waals surface area contributed by atoms with E-state index in [1.165, 1.54) is 6.07 Å². The van der Waals surface area contributed by atoms with E-state index >= 15 is 0 Å². The highest BCUT2D eigenvalue weighted by molar-refractivity contribution is 7.90. The molecule has 0 spiro atoms. The van der Waals surface area contributed by atoms with Gasteiger partial charge < -0.3 is 11.1 Å². The number of benzene rings is 1. The zero-order chi connectivity index (χ0) is 14.9. The molecule has 20 heavy (non-hydrogen) atoms. The molecule has 108 valence electrons. The van der Waals surface area contributed by atoms with Crippen LogP contribution >= 0.6 is 0 Å². The number of anilines is 2. The number of rotatable bonds is 4. The number of nitrogen functional groups attached to an aromatic ring is 1. The van der Waals surface area contributed by atoms with E-state index in [2.05, 4.69) is 5.32 Å². The van der Waals surface area contributed by atoms with E-state index in [9.17, 15) is 18.0 Å². The fourth-order valence-corrected chi connectivity index (χ4v) is 2.63. The first-order chi connectivity index (χ1) is 9.28. The van der Waals surface area contributed by atoms with Gasteiger partial charge in [-0.1, -0.05) is 6.07 Å². The van der Waals surface area contributed by atoms with Gasteiger partial charge in [-0.2, -0.15) is 0 Å². The molecule has 1 atom stereocenters. The number of imide groups is 1. The highest BCUT2D eigenvalue weighted by Crippen LogP contribution is 2.22. The monoisotopic (exact) mass is 297 g/mol. The maximum Gasteiger partial charge on any atom is 0.329 e. The first kappa shape index (κ1) is 14.3. The second kappa shape index (κ2) is 5.12. The third kappa shape index (κ3) is 3.08. The molecule has 0 saturated carbocycles. The summed E-state index contributed by atoms with van der Waals surface area (Å²) in [6, 6.07) is 4.99. The molecule has 7 nitrogen and oxygen atoms in total. The summed E-state index contributed by atoms with van der Waals surface area (Å²) in [4.78, 5) is 25.0. The van der Waals surface area contributed by atoms with Gasteiger partial charge >= 0.3 is 6.03 Å². The Balaban J connectivity index is 2.17. The van der Waals surface area contributed by atoms with Gasteiger partial charge in [-0.3, -0.25) is 4.79 Å². The normalized spacial score (nSPS) is 19.2. The van der Waals surface area contributed by atoms with Crippen LogP contribution < -0.4 is 16.0 Å². The number of carbonyl (C=O) groups excluding carboxylic acids is 2. The standard InChI is InChI=1S/C12H15N3O4S/c1-20(18,19)6-5-10-11(16)15(12(17)14-10)9-4-2-3-8(13)7-9/h2-4,7,10H,5-6,13H2,1H3,(H,14,17). The average Bonchev–Trinajstić information content (AvgIpc) is 2.61. The van der Waals surface area contributed by atoms with Gasteiger partial charge in [-0.15, -0.1) is 0 Å². The number of nitrogens with one attached hydrogen (secondary N) is 1. The fourth-order valence-electron chi connectivity index (χ4n) is 1.97. The molecular formula is C12H15N3O4S. The molecule has 1 aliphatic heterocycles. The van der Waals surface area contributed by atoms with E-state index in [-0.39, 0.29) is 12.2 Å². The highest BCUT2D eigenvalue weighted by Gasteiger charge is 2.39. The Morgan fingerprint density at radius 3 is 2.65 bits per heavy atom. The van der Waals surface area contributed by atoms with Gasteiger partial charge in [0.25, 0.3) is 5.91 Å². The van der Waals surface area contributed by atoms with E-state index in [4.69, 9.17) is 5.73 Å². The molecule has 1 aliphatic rings. The van der Waals surface area contributed by atoms with Crippen LogP contribution in [-0.2, 0) is 14.6 Å². The zero-order valence-corrected chi connectivity index (χ0v) is 11.7. The smallest absolute Gasteiger partial charge is 0.329 e. The average molecular weight is 297 g/mol. The third-order valence-corrected chi connectivity index (χ3v) is 3.90. The summed E-state index contributed by atoms with van der Waals surface area (Å²) < 4.78 is 22.2. The van der Waals surface area contributed by atoms with Gasteiger partial charge in [0, 0.05) is 11.9 Å². The molecule has 0 bridgehead atoms. The molecule has 0 aromatic heterocycles. The van der Waals surface area contributed by atoms with Crippen LogP contribution in [0.4, 0.5) is 16.2 Å². The van der Waals surface area contributed by atoms with Crippen LogP contribution in [0.3, 0.4) is 0 Å². The van der Waals surface area contributed by atoms with Crippen molar-refractivity contribution in [2.45, 2.75) is 12.5 Å². The lowest BCUT2D eigenvalue weighted by Gasteiger charge is -2.13. The number of nitrogens with zero attached hydrogens (tertiary/aromatic N) is 1. The Morgan fingerprint density at radius 1 is 1.35 bits per heavy atom. The largest absolute Gasteiger partial charge is 0.399 e. The number of sulfone groups is 1. The molecule has 1 fully saturated rings. The predicted molar refractivity (Wildman–Crippen MR) is 75.0 cm³/mol. The SMILES string of the molecule is CS(=O)(=O)CCC1NC(=O)N(c2cccc(N)c2)C1=O. The third-order valence-electron chi connectivity index (χ3n) is 2.93. The summed E-state index contributed by atoms with van der Waals surface area (Å²) in [5.41, 5.74) is 6.42. The lowest BCUT2D eigenvalue weighted by atomic mass is 10.2. The van der Waals surface area contributed by atoms with Crippen molar-refractivity contribution in [1.29, 1.82) is 0 Å². The van der Waals surface area contributed by atoms with Crippen LogP contribution in [0, 0.1) is 0 Å². The van der Waals surface area contributed by atoms with E-state index in [0.717, 1.165) is 11.2 Å². The molecule has 0 aliphatic carbocycles. The first-order valence-electron chi connectivity index (χ1n) is 5.95. The van der Waals surface area contributed by atoms with Crippen LogP contribution in [0.1, 0.15) is 6.42 Å². The van der Waals surface area contributed by atoms with Gasteiger partial charge in [0.1, 0.15) is 15.9 Å². The van der Waals surface area contributed by atoms with Gasteiger partial charge in [-0.25, -0.2) is 18.1 Å². The number of urea groups is 1. The van der Waals surface area contributed by atoms with Crippen molar-refractivity contribution in [3.8, 4) is 0 Å². The van der Waals surface area contributed by atoms with Crippen molar-refractivity contribution in [2.24, 2.45) is 0 Å². The first-order valence-corrected chi connectivity index (χ1v) is 8.02. The molecule has 1 heterocycles. The van der Waals surface area contributed by atoms with Crippen LogP contribution in [0.5, 0.6) is 0 Å². The molecule has 3 amide bonds. The van der Waals surface area contributed by atoms with Crippen LogP contribution in [0.15, 0.2) is 24.3 Å². The Hall–Kier alpha value is -2.09. The number of amides is 3. The summed E-state index contributed by atoms with van der Waals surface area (Å²) in [7, 11) is -3.18. The van der Waals surface area contributed by atoms with Crippen molar-refractivity contribution >= 4 is 33.2 Å². The second-order valence-corrected chi connectivity index (χ2v) is 6.95. The molecule has 1 unspecified atom stereocenters. The zero-order valence-electron chi connectivity index (χ0n) is 10.9. The lowest BCUT2D eigenvalue weighted by molar-refractivity contribution is -0.118. The number of nitrogens with two attached hydrogens (primary N) is 1. The lowest BCUT2D eigenvalue weighted by Crippen LogP contribution is -2.32. The summed E-state index contributed by atoms with van der Waals surface area (Å²) >= 11 is 0. The molecule has 0 radical (unpaired) electrons. The van der Waals surface area contributed by atoms with E-state index < -0.39 is 27.8 Å². The van der Waals surface area contributed by atoms with Crippen LogP contribution in [-0.4, -0.2) is 38.4 Å². The van der Waals surface area contributed by atoms with Crippen molar-refractivity contribution in [1.82, 2.24) is 5.32 Å². The predicted octanol–water partition coefficient (Wildman–Crippen LogP) is 0.128. The van der Waals surface area contributed by atoms with Crippen molar-refractivity contribution in [2.75, 3.05) is 22.6 Å². The highest BCUT2D eigenvalue weighted by atomic mass is 32.2. The fraction of sp³-hybridized carbons (Fsp3) is 0.333. The summed E-state index contributed by atoms with van der Waals surface area (Å²) in [6.45, 7) is 0. The van der Waals surface area contributed by atoms with Gasteiger partial charge in [0.15, 0.2) is 0 Å². The molecule has 3 N–H and O–H groups in total.